The van der Waals surface area contributed by atoms with Gasteiger partial charge in [-0.15, -0.1) is 0 Å². The molecule has 2 heterocycles. The number of hydrogen-bond acceptors (Lipinski definition) is 4. The third-order valence-corrected chi connectivity index (χ3v) is 6.45. The molecule has 0 radical (unpaired) electrons. The van der Waals surface area contributed by atoms with Gasteiger partial charge < -0.3 is 20.3 Å². The van der Waals surface area contributed by atoms with Crippen molar-refractivity contribution in [2.24, 2.45) is 5.92 Å². The lowest BCUT2D eigenvalue weighted by molar-refractivity contribution is -0.144. The van der Waals surface area contributed by atoms with Crippen LogP contribution in [0.2, 0.25) is 0 Å². The van der Waals surface area contributed by atoms with Crippen molar-refractivity contribution in [2.45, 2.75) is 57.2 Å². The number of Topliss-reactive ketones (excluding diaryl/α,β-unsaturated/α-hetero) is 1. The minimum atomic E-state index is -1.02. The Kier molecular flexibility index (Phi) is 6.31. The summed E-state index contributed by atoms with van der Waals surface area (Å²) in [6.45, 7) is 1.53. The normalized spacial score (nSPS) is 22.6. The van der Waals surface area contributed by atoms with Crippen molar-refractivity contribution < 1.29 is 28.7 Å². The predicted molar refractivity (Wildman–Crippen MR) is 116 cm³/mol. The van der Waals surface area contributed by atoms with Gasteiger partial charge in [0, 0.05) is 44.2 Å². The van der Waals surface area contributed by atoms with E-state index in [1.54, 1.807) is 12.1 Å². The van der Waals surface area contributed by atoms with Gasteiger partial charge >= 0.3 is 5.97 Å². The maximum Gasteiger partial charge on any atom is 0.308 e. The second-order valence-corrected chi connectivity index (χ2v) is 8.80. The van der Waals surface area contributed by atoms with Crippen LogP contribution in [0.5, 0.6) is 0 Å². The Bertz CT molecular complexity index is 1090. The topological polar surface area (TPSA) is 118 Å². The smallest absolute Gasteiger partial charge is 0.308 e. The summed E-state index contributed by atoms with van der Waals surface area (Å²) in [5, 5.41) is 15.1. The molecule has 4 atom stereocenters. The molecular weight excluding hydrogens is 429 g/mol. The van der Waals surface area contributed by atoms with E-state index in [0.717, 1.165) is 11.3 Å². The van der Waals surface area contributed by atoms with Crippen LogP contribution in [0, 0.1) is 11.7 Å². The summed E-state index contributed by atoms with van der Waals surface area (Å²) in [5.74, 6) is -3.90. The number of nitrogens with zero attached hydrogens (tertiary/aromatic N) is 1. The zero-order chi connectivity index (χ0) is 23.7. The number of carbonyl (C=O) groups is 4. The van der Waals surface area contributed by atoms with E-state index in [2.05, 4.69) is 10.6 Å². The van der Waals surface area contributed by atoms with E-state index in [1.807, 2.05) is 16.8 Å². The van der Waals surface area contributed by atoms with Crippen molar-refractivity contribution in [1.29, 1.82) is 0 Å². The molecule has 1 aromatic carbocycles. The van der Waals surface area contributed by atoms with Crippen LogP contribution in [0.25, 0.3) is 0 Å². The molecule has 0 saturated heterocycles. The van der Waals surface area contributed by atoms with Crippen LogP contribution in [0.4, 0.5) is 4.39 Å². The standard InChI is InChI=1S/C24H26FN3O5/c1-13(29)26-19(10-14-2-5-17(25)6-3-14)23(31)27-18-7-4-15-8-9-28-12-16(24(32)33)11-20(30)21(18)22(15)28/h2-3,5-6,8-9,16,18-19,21H,4,7,10-12H2,1H3,(H,26,29)(H,27,31)(H,32,33)/t16-,18-,19?,21?/m0/s1. The molecule has 9 heteroatoms. The molecule has 33 heavy (non-hydrogen) atoms. The number of carboxylic acids is 1. The van der Waals surface area contributed by atoms with Gasteiger partial charge in [-0.05, 0) is 42.2 Å². The predicted octanol–water partition coefficient (Wildman–Crippen LogP) is 1.56. The van der Waals surface area contributed by atoms with Crippen molar-refractivity contribution in [3.05, 3.63) is 59.2 Å². The monoisotopic (exact) mass is 455 g/mol. The third-order valence-electron chi connectivity index (χ3n) is 6.45. The number of hydrogen-bond donors (Lipinski definition) is 3. The number of aliphatic carboxylic acids is 1. The van der Waals surface area contributed by atoms with Gasteiger partial charge in [0.15, 0.2) is 0 Å². The van der Waals surface area contributed by atoms with Crippen molar-refractivity contribution in [3.63, 3.8) is 0 Å². The van der Waals surface area contributed by atoms with Crippen LogP contribution >= 0.6 is 0 Å². The van der Waals surface area contributed by atoms with Gasteiger partial charge in [-0.1, -0.05) is 12.1 Å². The highest BCUT2D eigenvalue weighted by Gasteiger charge is 2.42. The molecule has 2 aliphatic rings. The Labute approximate surface area is 190 Å². The zero-order valence-electron chi connectivity index (χ0n) is 18.2. The molecule has 4 rings (SSSR count). The lowest BCUT2D eigenvalue weighted by atomic mass is 9.79. The molecule has 0 fully saturated rings. The van der Waals surface area contributed by atoms with E-state index < -0.39 is 41.6 Å². The fourth-order valence-corrected chi connectivity index (χ4v) is 4.91. The molecule has 2 aromatic rings. The molecule has 174 valence electrons. The van der Waals surface area contributed by atoms with Gasteiger partial charge in [-0.2, -0.15) is 0 Å². The Morgan fingerprint density at radius 1 is 1.21 bits per heavy atom. The van der Waals surface area contributed by atoms with Crippen molar-refractivity contribution in [3.8, 4) is 0 Å². The highest BCUT2D eigenvalue weighted by atomic mass is 19.1. The number of aryl methyl sites for hydroxylation is 1. The second kappa shape index (κ2) is 9.17. The van der Waals surface area contributed by atoms with Gasteiger partial charge in [0.25, 0.3) is 0 Å². The van der Waals surface area contributed by atoms with E-state index in [1.165, 1.54) is 19.1 Å². The summed E-state index contributed by atoms with van der Waals surface area (Å²) >= 11 is 0. The summed E-state index contributed by atoms with van der Waals surface area (Å²) in [6, 6.07) is 6.19. The average molecular weight is 455 g/mol. The lowest BCUT2D eigenvalue weighted by Crippen LogP contribution is -2.53. The van der Waals surface area contributed by atoms with Crippen molar-refractivity contribution in [1.82, 2.24) is 15.2 Å². The van der Waals surface area contributed by atoms with Crippen LogP contribution in [0.3, 0.4) is 0 Å². The molecule has 3 N–H and O–H groups in total. The summed E-state index contributed by atoms with van der Waals surface area (Å²) < 4.78 is 15.1. The number of carboxylic acid groups (broad SMARTS) is 1. The summed E-state index contributed by atoms with van der Waals surface area (Å²) in [6.07, 6.45) is 3.06. The molecular formula is C24H26FN3O5. The largest absolute Gasteiger partial charge is 0.481 e. The first-order valence-electron chi connectivity index (χ1n) is 11.0. The number of amides is 2. The van der Waals surface area contributed by atoms with Gasteiger partial charge in [-0.25, -0.2) is 4.39 Å². The average Bonchev–Trinajstić information content (AvgIpc) is 3.09. The van der Waals surface area contributed by atoms with Crippen LogP contribution < -0.4 is 10.6 Å². The maximum absolute atomic E-state index is 13.2. The summed E-state index contributed by atoms with van der Waals surface area (Å²) in [4.78, 5) is 49.7. The quantitative estimate of drug-likeness (QED) is 0.611. The zero-order valence-corrected chi connectivity index (χ0v) is 18.2. The van der Waals surface area contributed by atoms with E-state index in [0.29, 0.717) is 18.4 Å². The van der Waals surface area contributed by atoms with E-state index in [4.69, 9.17) is 0 Å². The molecule has 0 spiro atoms. The SMILES string of the molecule is CC(=O)NC(Cc1ccc(F)cc1)C(=O)N[C@H]1CCc2ccn3c2C1C(=O)C[C@H](C(=O)O)C3. The summed E-state index contributed by atoms with van der Waals surface area (Å²) in [5.41, 5.74) is 2.45. The number of rotatable bonds is 6. The molecule has 1 aromatic heterocycles. The van der Waals surface area contributed by atoms with Gasteiger partial charge in [0.05, 0.1) is 11.8 Å². The fourth-order valence-electron chi connectivity index (χ4n) is 4.91. The van der Waals surface area contributed by atoms with E-state index >= 15 is 0 Å². The van der Waals surface area contributed by atoms with Crippen LogP contribution in [-0.4, -0.2) is 45.3 Å². The highest BCUT2D eigenvalue weighted by molar-refractivity contribution is 5.92. The highest BCUT2D eigenvalue weighted by Crippen LogP contribution is 2.38. The minimum absolute atomic E-state index is 0.0990. The fraction of sp³-hybridized carbons (Fsp3) is 0.417. The van der Waals surface area contributed by atoms with Crippen molar-refractivity contribution in [2.75, 3.05) is 0 Å². The number of ketones is 1. The Morgan fingerprint density at radius 2 is 1.94 bits per heavy atom. The van der Waals surface area contributed by atoms with Crippen LogP contribution in [-0.2, 0) is 38.6 Å². The number of nitrogens with one attached hydrogen (secondary N) is 2. The summed E-state index contributed by atoms with van der Waals surface area (Å²) in [7, 11) is 0. The van der Waals surface area contributed by atoms with Crippen LogP contribution in [0.15, 0.2) is 36.5 Å². The first kappa shape index (κ1) is 22.7. The first-order chi connectivity index (χ1) is 15.7. The number of halogens is 1. The van der Waals surface area contributed by atoms with Gasteiger partial charge in [0.1, 0.15) is 17.6 Å². The molecule has 0 saturated carbocycles. The molecule has 2 unspecified atom stereocenters. The van der Waals surface area contributed by atoms with Crippen LogP contribution in [0.1, 0.15) is 42.5 Å². The Morgan fingerprint density at radius 3 is 2.61 bits per heavy atom. The molecule has 2 amide bonds. The Hall–Kier alpha value is -3.49. The second-order valence-electron chi connectivity index (χ2n) is 8.80. The third kappa shape index (κ3) is 4.81. The maximum atomic E-state index is 13.2. The van der Waals surface area contributed by atoms with E-state index in [9.17, 15) is 28.7 Å². The number of carbonyl (C=O) groups excluding carboxylic acids is 3. The molecule has 1 aliphatic heterocycles. The number of benzene rings is 1. The van der Waals surface area contributed by atoms with Gasteiger partial charge in [0.2, 0.25) is 11.8 Å². The van der Waals surface area contributed by atoms with Crippen molar-refractivity contribution >= 4 is 23.6 Å². The first-order valence-corrected chi connectivity index (χ1v) is 11.0. The molecule has 1 aliphatic carbocycles. The van der Waals surface area contributed by atoms with Gasteiger partial charge in [-0.3, -0.25) is 19.2 Å². The molecule has 8 nitrogen and oxygen atoms in total. The number of aromatic nitrogens is 1. The van der Waals surface area contributed by atoms with E-state index in [-0.39, 0.29) is 31.1 Å². The Balaban J connectivity index is 1.56. The minimum Gasteiger partial charge on any atom is -0.481 e. The lowest BCUT2D eigenvalue weighted by Gasteiger charge is -2.33. The molecule has 0 bridgehead atoms.